The summed E-state index contributed by atoms with van der Waals surface area (Å²) in [4.78, 5) is 4.02. The van der Waals surface area contributed by atoms with Crippen LogP contribution in [0.4, 0.5) is 5.69 Å². The Hall–Kier alpha value is -1.43. The summed E-state index contributed by atoms with van der Waals surface area (Å²) in [5.41, 5.74) is 12.4. The number of benzene rings is 1. The zero-order chi connectivity index (χ0) is 15.2. The Labute approximate surface area is 137 Å². The monoisotopic (exact) mass is 343 g/mol. The number of rotatable bonds is 6. The minimum absolute atomic E-state index is 0.00532. The van der Waals surface area contributed by atoms with Gasteiger partial charge in [-0.05, 0) is 36.6 Å². The zero-order valence-corrected chi connectivity index (χ0v) is 13.5. The molecule has 0 fully saturated rings. The third-order valence-electron chi connectivity index (χ3n) is 2.69. The fourth-order valence-electron chi connectivity index (χ4n) is 1.80. The van der Waals surface area contributed by atoms with Crippen molar-refractivity contribution in [1.29, 1.82) is 0 Å². The van der Waals surface area contributed by atoms with Crippen molar-refractivity contribution in [2.24, 2.45) is 16.5 Å². The van der Waals surface area contributed by atoms with E-state index in [0.717, 1.165) is 22.7 Å². The van der Waals surface area contributed by atoms with Gasteiger partial charge in [0, 0.05) is 0 Å². The van der Waals surface area contributed by atoms with Crippen LogP contribution in [0.2, 0.25) is 8.67 Å². The van der Waals surface area contributed by atoms with Crippen LogP contribution in [0.15, 0.2) is 35.3 Å². The highest BCUT2D eigenvalue weighted by molar-refractivity contribution is 7.20. The molecule has 1 heterocycles. The molecule has 2 aromatic rings. The van der Waals surface area contributed by atoms with E-state index in [1.807, 2.05) is 24.3 Å². The largest absolute Gasteiger partial charge is 0.491 e. The minimum atomic E-state index is 0.00532. The highest BCUT2D eigenvalue weighted by Gasteiger charge is 2.06. The lowest BCUT2D eigenvalue weighted by Gasteiger charge is -2.08. The van der Waals surface area contributed by atoms with Crippen LogP contribution in [0, 0.1) is 0 Å². The smallest absolute Gasteiger partial charge is 0.191 e. The number of aryl methyl sites for hydroxylation is 1. The quantitative estimate of drug-likeness (QED) is 0.473. The topological polar surface area (TPSA) is 73.6 Å². The summed E-state index contributed by atoms with van der Waals surface area (Å²) < 4.78 is 7.16. The molecule has 0 unspecified atom stereocenters. The molecule has 0 radical (unpaired) electrons. The van der Waals surface area contributed by atoms with Gasteiger partial charge in [0.05, 0.1) is 15.3 Å². The molecule has 0 saturated carbocycles. The average molecular weight is 344 g/mol. The first-order chi connectivity index (χ1) is 10.1. The maximum Gasteiger partial charge on any atom is 0.191 e. The predicted octanol–water partition coefficient (Wildman–Crippen LogP) is 3.97. The van der Waals surface area contributed by atoms with Crippen molar-refractivity contribution in [3.63, 3.8) is 0 Å². The summed E-state index contributed by atoms with van der Waals surface area (Å²) in [5, 5.41) is 0. The fraction of sp³-hybridized carbons (Fsp3) is 0.214. The van der Waals surface area contributed by atoms with Crippen molar-refractivity contribution in [2.75, 3.05) is 6.61 Å². The molecule has 1 aromatic carbocycles. The molecule has 0 aliphatic carbocycles. The van der Waals surface area contributed by atoms with Gasteiger partial charge < -0.3 is 16.2 Å². The number of ether oxygens (including phenoxy) is 1. The van der Waals surface area contributed by atoms with Crippen LogP contribution in [-0.4, -0.2) is 12.6 Å². The van der Waals surface area contributed by atoms with Gasteiger partial charge in [0.2, 0.25) is 0 Å². The molecule has 0 atom stereocenters. The van der Waals surface area contributed by atoms with Crippen LogP contribution < -0.4 is 16.2 Å². The second-order valence-corrected chi connectivity index (χ2v) is 6.59. The molecular weight excluding hydrogens is 329 g/mol. The number of halogens is 2. The Morgan fingerprint density at radius 1 is 1.24 bits per heavy atom. The molecule has 0 saturated heterocycles. The van der Waals surface area contributed by atoms with E-state index in [4.69, 9.17) is 39.4 Å². The van der Waals surface area contributed by atoms with Crippen LogP contribution in [0.3, 0.4) is 0 Å². The summed E-state index contributed by atoms with van der Waals surface area (Å²) in [6, 6.07) is 9.24. The Balaban J connectivity index is 1.89. The summed E-state index contributed by atoms with van der Waals surface area (Å²) in [7, 11) is 0. The van der Waals surface area contributed by atoms with Gasteiger partial charge in [-0.25, -0.2) is 4.99 Å². The third-order valence-corrected chi connectivity index (χ3v) is 4.26. The average Bonchev–Trinajstić information content (AvgIpc) is 2.74. The number of nitrogens with two attached hydrogens (primary N) is 2. The van der Waals surface area contributed by atoms with E-state index in [9.17, 15) is 0 Å². The fourth-order valence-corrected chi connectivity index (χ4v) is 3.34. The van der Waals surface area contributed by atoms with Gasteiger partial charge in [-0.2, -0.15) is 0 Å². The van der Waals surface area contributed by atoms with Crippen molar-refractivity contribution in [3.8, 4) is 5.75 Å². The Bertz CT molecular complexity index is 639. The lowest BCUT2D eigenvalue weighted by atomic mass is 10.2. The Morgan fingerprint density at radius 3 is 2.67 bits per heavy atom. The van der Waals surface area contributed by atoms with E-state index in [-0.39, 0.29) is 5.96 Å². The first-order valence-electron chi connectivity index (χ1n) is 6.31. The van der Waals surface area contributed by atoms with Gasteiger partial charge in [0.25, 0.3) is 0 Å². The molecule has 0 amide bonds. The van der Waals surface area contributed by atoms with Gasteiger partial charge in [-0.3, -0.25) is 0 Å². The third kappa shape index (κ3) is 4.81. The van der Waals surface area contributed by atoms with Gasteiger partial charge in [-0.1, -0.05) is 35.3 Å². The summed E-state index contributed by atoms with van der Waals surface area (Å²) in [6.07, 6.45) is 1.63. The van der Waals surface area contributed by atoms with Gasteiger partial charge in [0.15, 0.2) is 5.96 Å². The van der Waals surface area contributed by atoms with Gasteiger partial charge in [-0.15, -0.1) is 11.3 Å². The molecule has 4 nitrogen and oxygen atoms in total. The molecule has 4 N–H and O–H groups in total. The van der Waals surface area contributed by atoms with Gasteiger partial charge in [0.1, 0.15) is 11.4 Å². The molecule has 0 spiro atoms. The van der Waals surface area contributed by atoms with E-state index in [0.29, 0.717) is 22.4 Å². The van der Waals surface area contributed by atoms with Gasteiger partial charge >= 0.3 is 0 Å². The van der Waals surface area contributed by atoms with E-state index in [2.05, 4.69) is 4.99 Å². The normalized spacial score (nSPS) is 10.4. The molecule has 0 aliphatic heterocycles. The maximum atomic E-state index is 6.07. The standard InChI is InChI=1S/C14H15Cl2N3OS/c15-12-8-9(13(16)21-12)4-3-7-20-11-6-2-1-5-10(11)19-14(17)18/h1-2,5-6,8H,3-4,7H2,(H4,17,18,19). The van der Waals surface area contributed by atoms with Crippen molar-refractivity contribution in [3.05, 3.63) is 44.6 Å². The molecule has 112 valence electrons. The lowest BCUT2D eigenvalue weighted by Crippen LogP contribution is -2.22. The lowest BCUT2D eigenvalue weighted by molar-refractivity contribution is 0.312. The van der Waals surface area contributed by atoms with Crippen molar-refractivity contribution >= 4 is 46.2 Å². The number of thiophene rings is 1. The second kappa shape index (κ2) is 7.54. The van der Waals surface area contributed by atoms with E-state index >= 15 is 0 Å². The highest BCUT2D eigenvalue weighted by Crippen LogP contribution is 2.32. The van der Waals surface area contributed by atoms with Crippen LogP contribution in [0.1, 0.15) is 12.0 Å². The van der Waals surface area contributed by atoms with Crippen molar-refractivity contribution in [1.82, 2.24) is 0 Å². The van der Waals surface area contributed by atoms with E-state index < -0.39 is 0 Å². The van der Waals surface area contributed by atoms with Crippen LogP contribution >= 0.6 is 34.5 Å². The predicted molar refractivity (Wildman–Crippen MR) is 90.1 cm³/mol. The Kier molecular flexibility index (Phi) is 5.73. The van der Waals surface area contributed by atoms with Crippen molar-refractivity contribution in [2.45, 2.75) is 12.8 Å². The van der Waals surface area contributed by atoms with E-state index in [1.54, 1.807) is 6.07 Å². The number of hydrogen-bond acceptors (Lipinski definition) is 3. The molecule has 1 aromatic heterocycles. The molecule has 0 bridgehead atoms. The highest BCUT2D eigenvalue weighted by atomic mass is 35.5. The molecule has 7 heteroatoms. The summed E-state index contributed by atoms with van der Waals surface area (Å²) in [5.74, 6) is 0.658. The first-order valence-corrected chi connectivity index (χ1v) is 7.88. The number of para-hydroxylation sites is 2. The SMILES string of the molecule is NC(N)=Nc1ccccc1OCCCc1cc(Cl)sc1Cl. The zero-order valence-electron chi connectivity index (χ0n) is 11.2. The maximum absolute atomic E-state index is 6.07. The summed E-state index contributed by atoms with van der Waals surface area (Å²) in [6.45, 7) is 0.542. The minimum Gasteiger partial charge on any atom is -0.491 e. The van der Waals surface area contributed by atoms with Crippen LogP contribution in [-0.2, 0) is 6.42 Å². The molecule has 0 aliphatic rings. The summed E-state index contributed by atoms with van der Waals surface area (Å²) >= 11 is 13.4. The van der Waals surface area contributed by atoms with Crippen LogP contribution in [0.5, 0.6) is 5.75 Å². The number of guanidine groups is 1. The second-order valence-electron chi connectivity index (χ2n) is 4.31. The molecule has 2 rings (SSSR count). The number of aliphatic imine (C=N–C) groups is 1. The Morgan fingerprint density at radius 2 is 2.00 bits per heavy atom. The van der Waals surface area contributed by atoms with E-state index in [1.165, 1.54) is 11.3 Å². The molecule has 21 heavy (non-hydrogen) atoms. The molecular formula is C14H15Cl2N3OS. The number of nitrogens with zero attached hydrogens (tertiary/aromatic N) is 1. The first kappa shape index (κ1) is 15.9. The van der Waals surface area contributed by atoms with Crippen LogP contribution in [0.25, 0.3) is 0 Å². The number of hydrogen-bond donors (Lipinski definition) is 2. The van der Waals surface area contributed by atoms with Crippen molar-refractivity contribution < 1.29 is 4.74 Å².